The van der Waals surface area contributed by atoms with Gasteiger partial charge in [0.25, 0.3) is 5.91 Å². The first-order valence-corrected chi connectivity index (χ1v) is 10.6. The molecule has 0 fully saturated rings. The quantitative estimate of drug-likeness (QED) is 0.295. The first-order valence-electron chi connectivity index (χ1n) is 9.84. The van der Waals surface area contributed by atoms with Crippen molar-refractivity contribution in [1.29, 1.82) is 0 Å². The Morgan fingerprint density at radius 2 is 1.75 bits per heavy atom. The minimum Gasteiger partial charge on any atom is -0.422 e. The number of amides is 1. The second-order valence-corrected chi connectivity index (χ2v) is 8.22. The Hall–Kier alpha value is -3.48. The normalized spacial score (nSPS) is 10.7. The fourth-order valence-corrected chi connectivity index (χ4v) is 3.96. The fourth-order valence-electron chi connectivity index (χ4n) is 3.43. The average molecular weight is 463 g/mol. The minimum absolute atomic E-state index is 0.143. The highest BCUT2D eigenvalue weighted by atomic mass is 35.5. The summed E-state index contributed by atoms with van der Waals surface area (Å²) in [5.41, 5.74) is 4.23. The predicted octanol–water partition coefficient (Wildman–Crippen LogP) is 5.86. The first kappa shape index (κ1) is 21.7. The summed E-state index contributed by atoms with van der Waals surface area (Å²) in [6.45, 7) is 3.79. The van der Waals surface area contributed by atoms with Crippen LogP contribution in [0.3, 0.4) is 0 Å². The van der Waals surface area contributed by atoms with E-state index in [1.807, 2.05) is 56.3 Å². The Labute approximate surface area is 195 Å². The molecule has 5 nitrogen and oxygen atoms in total. The summed E-state index contributed by atoms with van der Waals surface area (Å²) < 4.78 is 5.45. The van der Waals surface area contributed by atoms with Gasteiger partial charge in [-0.2, -0.15) is 0 Å². The van der Waals surface area contributed by atoms with E-state index in [0.717, 1.165) is 22.1 Å². The fraction of sp³-hybridized carbons (Fsp3) is 0.0800. The Kier molecular flexibility index (Phi) is 6.08. The van der Waals surface area contributed by atoms with Crippen molar-refractivity contribution in [1.82, 2.24) is 5.32 Å². The van der Waals surface area contributed by atoms with Crippen LogP contribution < -0.4 is 16.3 Å². The van der Waals surface area contributed by atoms with E-state index in [9.17, 15) is 9.59 Å². The first-order chi connectivity index (χ1) is 15.3. The van der Waals surface area contributed by atoms with Crippen LogP contribution in [0.5, 0.6) is 0 Å². The number of fused-ring (bicyclic) bond motifs is 1. The molecule has 0 saturated carbocycles. The molecule has 1 amide bonds. The van der Waals surface area contributed by atoms with Crippen molar-refractivity contribution in [3.05, 3.63) is 98.9 Å². The third-order valence-electron chi connectivity index (χ3n) is 5.01. The molecule has 0 radical (unpaired) electrons. The van der Waals surface area contributed by atoms with Crippen LogP contribution in [0, 0.1) is 13.8 Å². The van der Waals surface area contributed by atoms with E-state index in [0.29, 0.717) is 27.4 Å². The highest BCUT2D eigenvalue weighted by Crippen LogP contribution is 2.26. The smallest absolute Gasteiger partial charge is 0.344 e. The molecule has 0 saturated heterocycles. The lowest BCUT2D eigenvalue weighted by atomic mass is 10.0. The highest BCUT2D eigenvalue weighted by molar-refractivity contribution is 7.80. The molecule has 32 heavy (non-hydrogen) atoms. The number of benzene rings is 3. The number of anilines is 1. The van der Waals surface area contributed by atoms with Crippen molar-refractivity contribution in [2.75, 3.05) is 5.32 Å². The summed E-state index contributed by atoms with van der Waals surface area (Å²) in [5, 5.41) is 6.98. The molecule has 4 aromatic rings. The third kappa shape index (κ3) is 4.56. The van der Waals surface area contributed by atoms with E-state index in [2.05, 4.69) is 10.6 Å². The van der Waals surface area contributed by atoms with Crippen molar-refractivity contribution in [2.24, 2.45) is 0 Å². The second-order valence-electron chi connectivity index (χ2n) is 7.41. The Morgan fingerprint density at radius 1 is 0.969 bits per heavy atom. The molecule has 1 heterocycles. The summed E-state index contributed by atoms with van der Waals surface area (Å²) in [6, 6.07) is 19.8. The number of rotatable bonds is 3. The van der Waals surface area contributed by atoms with Gasteiger partial charge in [0.1, 0.15) is 5.58 Å². The molecular formula is C25H19ClN2O3S. The Morgan fingerprint density at radius 3 is 2.50 bits per heavy atom. The van der Waals surface area contributed by atoms with Crippen molar-refractivity contribution in [3.8, 4) is 11.1 Å². The van der Waals surface area contributed by atoms with E-state index in [-0.39, 0.29) is 5.11 Å². The standard InChI is InChI=1S/C25H19ClN2O3S/c1-14-7-9-19(21(26)11-14)23(29)28-25(32)27-17-8-10-18(15(2)12-17)20-13-16-5-3-4-6-22(16)31-24(20)30/h3-13H,1-2H3,(H2,27,28,29,32). The van der Waals surface area contributed by atoms with Crippen LogP contribution in [0.25, 0.3) is 22.1 Å². The zero-order valence-corrected chi connectivity index (χ0v) is 18.9. The number of thiocarbonyl (C=S) groups is 1. The summed E-state index contributed by atoms with van der Waals surface area (Å²) in [6.07, 6.45) is 0. The number of hydrogen-bond acceptors (Lipinski definition) is 4. The monoisotopic (exact) mass is 462 g/mol. The predicted molar refractivity (Wildman–Crippen MR) is 133 cm³/mol. The molecule has 160 valence electrons. The van der Waals surface area contributed by atoms with E-state index in [1.165, 1.54) is 0 Å². The number of carbonyl (C=O) groups is 1. The SMILES string of the molecule is Cc1ccc(C(=O)NC(=S)Nc2ccc(-c3cc4ccccc4oc3=O)c(C)c2)c(Cl)c1. The van der Waals surface area contributed by atoms with E-state index in [1.54, 1.807) is 24.3 Å². The average Bonchev–Trinajstić information content (AvgIpc) is 2.73. The molecule has 2 N–H and O–H groups in total. The molecular weight excluding hydrogens is 444 g/mol. The molecule has 1 aromatic heterocycles. The van der Waals surface area contributed by atoms with Gasteiger partial charge in [-0.3, -0.25) is 10.1 Å². The number of halogens is 1. The number of nitrogens with one attached hydrogen (secondary N) is 2. The maximum atomic E-state index is 12.5. The van der Waals surface area contributed by atoms with Crippen LogP contribution in [0.4, 0.5) is 5.69 Å². The molecule has 0 spiro atoms. The lowest BCUT2D eigenvalue weighted by Crippen LogP contribution is -2.34. The van der Waals surface area contributed by atoms with Gasteiger partial charge in [-0.25, -0.2) is 4.79 Å². The molecule has 7 heteroatoms. The molecule has 0 aliphatic heterocycles. The Bertz CT molecular complexity index is 1430. The van der Waals surface area contributed by atoms with Gasteiger partial charge < -0.3 is 9.73 Å². The van der Waals surface area contributed by atoms with Crippen LogP contribution in [-0.4, -0.2) is 11.0 Å². The van der Waals surface area contributed by atoms with Gasteiger partial charge in [0.05, 0.1) is 16.1 Å². The van der Waals surface area contributed by atoms with Crippen LogP contribution in [0.2, 0.25) is 5.02 Å². The third-order valence-corrected chi connectivity index (χ3v) is 5.53. The number of hydrogen-bond donors (Lipinski definition) is 2. The van der Waals surface area contributed by atoms with Crippen molar-refractivity contribution in [3.63, 3.8) is 0 Å². The zero-order chi connectivity index (χ0) is 22.8. The molecule has 0 atom stereocenters. The van der Waals surface area contributed by atoms with Crippen molar-refractivity contribution in [2.45, 2.75) is 13.8 Å². The summed E-state index contributed by atoms with van der Waals surface area (Å²) >= 11 is 11.4. The summed E-state index contributed by atoms with van der Waals surface area (Å²) in [4.78, 5) is 25.0. The lowest BCUT2D eigenvalue weighted by Gasteiger charge is -2.13. The van der Waals surface area contributed by atoms with Gasteiger partial charge >= 0.3 is 5.63 Å². The number of aryl methyl sites for hydroxylation is 2. The molecule has 0 bridgehead atoms. The lowest BCUT2D eigenvalue weighted by molar-refractivity contribution is 0.0978. The second kappa shape index (κ2) is 8.94. The van der Waals surface area contributed by atoms with Crippen LogP contribution in [0.1, 0.15) is 21.5 Å². The van der Waals surface area contributed by atoms with Crippen LogP contribution in [0.15, 0.2) is 75.9 Å². The molecule has 0 aliphatic carbocycles. The van der Waals surface area contributed by atoms with Gasteiger partial charge in [0.2, 0.25) is 0 Å². The maximum Gasteiger partial charge on any atom is 0.344 e. The number of carbonyl (C=O) groups excluding carboxylic acids is 1. The van der Waals surface area contributed by atoms with Crippen LogP contribution in [-0.2, 0) is 0 Å². The summed E-state index contributed by atoms with van der Waals surface area (Å²) in [5.74, 6) is -0.394. The van der Waals surface area contributed by atoms with Crippen LogP contribution >= 0.6 is 23.8 Å². The van der Waals surface area contributed by atoms with E-state index < -0.39 is 11.5 Å². The topological polar surface area (TPSA) is 71.3 Å². The van der Waals surface area contributed by atoms with Gasteiger partial charge in [-0.05, 0) is 79.2 Å². The van der Waals surface area contributed by atoms with E-state index in [4.69, 9.17) is 28.2 Å². The molecule has 0 aliphatic rings. The van der Waals surface area contributed by atoms with E-state index >= 15 is 0 Å². The maximum absolute atomic E-state index is 12.5. The van der Waals surface area contributed by atoms with Crippen molar-refractivity contribution >= 4 is 51.5 Å². The molecule has 4 rings (SSSR count). The molecule has 0 unspecified atom stereocenters. The van der Waals surface area contributed by atoms with Gasteiger partial charge in [0, 0.05) is 11.1 Å². The number of para-hydroxylation sites is 1. The Balaban J connectivity index is 1.52. The van der Waals surface area contributed by atoms with Gasteiger partial charge in [0.15, 0.2) is 5.11 Å². The van der Waals surface area contributed by atoms with Crippen molar-refractivity contribution < 1.29 is 9.21 Å². The zero-order valence-electron chi connectivity index (χ0n) is 17.4. The molecule has 3 aromatic carbocycles. The highest BCUT2D eigenvalue weighted by Gasteiger charge is 2.14. The van der Waals surface area contributed by atoms with Gasteiger partial charge in [-0.1, -0.05) is 41.9 Å². The largest absolute Gasteiger partial charge is 0.422 e. The summed E-state index contributed by atoms with van der Waals surface area (Å²) in [7, 11) is 0. The minimum atomic E-state index is -0.398. The van der Waals surface area contributed by atoms with Gasteiger partial charge in [-0.15, -0.1) is 0 Å².